The Labute approximate surface area is 152 Å². The molecule has 0 aliphatic carbocycles. The van der Waals surface area contributed by atoms with Crippen LogP contribution in [0.4, 0.5) is 0 Å². The van der Waals surface area contributed by atoms with Crippen molar-refractivity contribution in [3.8, 4) is 0 Å². The fourth-order valence-corrected chi connectivity index (χ4v) is 2.48. The highest BCUT2D eigenvalue weighted by Gasteiger charge is 2.39. The lowest BCUT2D eigenvalue weighted by molar-refractivity contribution is -0.127. The third kappa shape index (κ3) is 6.64. The van der Waals surface area contributed by atoms with Crippen molar-refractivity contribution < 1.29 is 32.5 Å². The van der Waals surface area contributed by atoms with Crippen LogP contribution in [0.5, 0.6) is 0 Å². The van der Waals surface area contributed by atoms with E-state index in [0.29, 0.717) is 0 Å². The molecule has 0 aromatic heterocycles. The monoisotopic (exact) mass is 389 g/mol. The zero-order chi connectivity index (χ0) is 20.8. The van der Waals surface area contributed by atoms with E-state index in [9.17, 15) is 18.9 Å². The van der Waals surface area contributed by atoms with Crippen molar-refractivity contribution in [3.63, 3.8) is 0 Å². The topological polar surface area (TPSA) is 106 Å². The highest BCUT2D eigenvalue weighted by molar-refractivity contribution is 7.49. The summed E-state index contributed by atoms with van der Waals surface area (Å²) in [6.07, 6.45) is 0. The van der Waals surface area contributed by atoms with Gasteiger partial charge in [-0.25, -0.2) is 0 Å². The van der Waals surface area contributed by atoms with Gasteiger partial charge in [0.25, 0.3) is 17.7 Å². The highest BCUT2D eigenvalue weighted by Crippen LogP contribution is 2.54. The van der Waals surface area contributed by atoms with Crippen molar-refractivity contribution in [3.05, 3.63) is 37.0 Å². The second kappa shape index (κ2) is 9.10. The number of phosphoric ester groups is 1. The van der Waals surface area contributed by atoms with Crippen LogP contribution in [0.25, 0.3) is 0 Å². The van der Waals surface area contributed by atoms with E-state index in [2.05, 4.69) is 19.7 Å². The molecule has 0 unspecified atom stereocenters. The summed E-state index contributed by atoms with van der Waals surface area (Å²) in [5.74, 6) is -3.96. The van der Waals surface area contributed by atoms with E-state index in [4.69, 9.17) is 13.6 Å². The second-order valence-corrected chi connectivity index (χ2v) is 7.03. The summed E-state index contributed by atoms with van der Waals surface area (Å²) >= 11 is 0. The van der Waals surface area contributed by atoms with Crippen molar-refractivity contribution in [2.45, 2.75) is 0 Å². The van der Waals surface area contributed by atoms with Gasteiger partial charge in [0.1, 0.15) is 0 Å². The van der Waals surface area contributed by atoms with Crippen molar-refractivity contribution in [2.75, 3.05) is 42.3 Å². The number of rotatable bonds is 9. The molecule has 0 aliphatic heterocycles. The Balaban J connectivity index is 5.61. The normalized spacial score (nSPS) is 10.2. The summed E-state index contributed by atoms with van der Waals surface area (Å²) in [7, 11) is 3.75. The standard InChI is InChI=1S/C15H24N3O7P/c1-10(13(19)16(4)5)23-26(22,24-11(2)14(20)17(6)7)25-12(3)15(21)18(8)9/h1-3H2,4-9H3. The van der Waals surface area contributed by atoms with Gasteiger partial charge in [-0.15, -0.1) is 0 Å². The van der Waals surface area contributed by atoms with Crippen LogP contribution in [-0.4, -0.2) is 74.7 Å². The lowest BCUT2D eigenvalue weighted by atomic mass is 10.5. The summed E-state index contributed by atoms with van der Waals surface area (Å²) in [4.78, 5) is 38.9. The molecular formula is C15H24N3O7P. The summed E-state index contributed by atoms with van der Waals surface area (Å²) < 4.78 is 27.6. The number of carbonyl (C=O) groups excluding carboxylic acids is 3. The SMILES string of the molecule is C=C(OP(=O)(OC(=C)C(=O)N(C)C)OC(=C)C(=O)N(C)C)C(=O)N(C)C. The number of phosphoric acid groups is 1. The zero-order valence-electron chi connectivity index (χ0n) is 15.8. The summed E-state index contributed by atoms with van der Waals surface area (Å²) in [5.41, 5.74) is 0. The molecule has 0 saturated heterocycles. The van der Waals surface area contributed by atoms with E-state index in [1.165, 1.54) is 42.3 Å². The van der Waals surface area contributed by atoms with E-state index in [-0.39, 0.29) is 0 Å². The van der Waals surface area contributed by atoms with Gasteiger partial charge < -0.3 is 28.3 Å². The molecule has 11 heteroatoms. The molecule has 0 rings (SSSR count). The molecule has 10 nitrogen and oxygen atoms in total. The molecule has 0 aromatic carbocycles. The van der Waals surface area contributed by atoms with Gasteiger partial charge in [0, 0.05) is 42.3 Å². The number of amides is 3. The number of hydrogen-bond acceptors (Lipinski definition) is 7. The molecule has 0 aromatic rings. The maximum atomic E-state index is 12.9. The molecule has 0 heterocycles. The summed E-state index contributed by atoms with van der Waals surface area (Å²) in [6, 6.07) is 0. The van der Waals surface area contributed by atoms with Crippen LogP contribution in [-0.2, 0) is 32.5 Å². The summed E-state index contributed by atoms with van der Waals surface area (Å²) in [5, 5.41) is 0. The maximum Gasteiger partial charge on any atom is 0.647 e. The summed E-state index contributed by atoms with van der Waals surface area (Å²) in [6.45, 7) is 10.0. The Bertz CT molecular complexity index is 592. The van der Waals surface area contributed by atoms with Crippen molar-refractivity contribution >= 4 is 25.5 Å². The first-order chi connectivity index (χ1) is 11.7. The first-order valence-electron chi connectivity index (χ1n) is 7.12. The Morgan fingerprint density at radius 2 is 0.808 bits per heavy atom. The lowest BCUT2D eigenvalue weighted by Gasteiger charge is -2.23. The van der Waals surface area contributed by atoms with E-state index in [1.54, 1.807) is 0 Å². The maximum absolute atomic E-state index is 12.9. The molecule has 0 N–H and O–H groups in total. The molecule has 146 valence electrons. The first kappa shape index (κ1) is 23.3. The molecule has 0 saturated carbocycles. The van der Waals surface area contributed by atoms with Crippen LogP contribution >= 0.6 is 7.82 Å². The predicted molar refractivity (Wildman–Crippen MR) is 94.4 cm³/mol. The van der Waals surface area contributed by atoms with E-state index < -0.39 is 42.8 Å². The van der Waals surface area contributed by atoms with Gasteiger partial charge in [0.15, 0.2) is 17.3 Å². The molecule has 0 bridgehead atoms. The fourth-order valence-electron chi connectivity index (χ4n) is 1.33. The molecule has 0 aliphatic rings. The quantitative estimate of drug-likeness (QED) is 0.328. The minimum Gasteiger partial charge on any atom is -0.381 e. The first-order valence-corrected chi connectivity index (χ1v) is 8.58. The van der Waals surface area contributed by atoms with Crippen LogP contribution in [0.3, 0.4) is 0 Å². The minimum atomic E-state index is -4.71. The molecule has 0 spiro atoms. The Morgan fingerprint density at radius 1 is 0.615 bits per heavy atom. The Kier molecular flexibility index (Phi) is 8.14. The highest BCUT2D eigenvalue weighted by atomic mass is 31.2. The van der Waals surface area contributed by atoms with Crippen molar-refractivity contribution in [1.82, 2.24) is 14.7 Å². The number of hydrogen-bond donors (Lipinski definition) is 0. The molecule has 0 fully saturated rings. The Morgan fingerprint density at radius 3 is 0.962 bits per heavy atom. The van der Waals surface area contributed by atoms with Crippen molar-refractivity contribution in [2.24, 2.45) is 0 Å². The smallest absolute Gasteiger partial charge is 0.381 e. The number of carbonyl (C=O) groups is 3. The number of nitrogens with zero attached hydrogens (tertiary/aromatic N) is 3. The van der Waals surface area contributed by atoms with E-state index in [1.807, 2.05) is 0 Å². The zero-order valence-corrected chi connectivity index (χ0v) is 16.7. The average Bonchev–Trinajstić information content (AvgIpc) is 2.51. The van der Waals surface area contributed by atoms with Gasteiger partial charge in [-0.05, 0) is 0 Å². The van der Waals surface area contributed by atoms with Crippen LogP contribution in [0, 0.1) is 0 Å². The van der Waals surface area contributed by atoms with Crippen LogP contribution in [0.2, 0.25) is 0 Å². The lowest BCUT2D eigenvalue weighted by Crippen LogP contribution is -2.27. The van der Waals surface area contributed by atoms with E-state index >= 15 is 0 Å². The second-order valence-electron chi connectivity index (χ2n) is 5.59. The minimum absolute atomic E-state index is 0.589. The van der Waals surface area contributed by atoms with Gasteiger partial charge in [0.2, 0.25) is 0 Å². The van der Waals surface area contributed by atoms with Crippen LogP contribution in [0.15, 0.2) is 37.0 Å². The molecule has 26 heavy (non-hydrogen) atoms. The Hall–Kier alpha value is -2.74. The van der Waals surface area contributed by atoms with Gasteiger partial charge >= 0.3 is 7.82 Å². The van der Waals surface area contributed by atoms with Crippen LogP contribution in [0.1, 0.15) is 0 Å². The molecule has 0 atom stereocenters. The fraction of sp³-hybridized carbons (Fsp3) is 0.400. The third-order valence-corrected chi connectivity index (χ3v) is 3.93. The molecular weight excluding hydrogens is 365 g/mol. The third-order valence-electron chi connectivity index (χ3n) is 2.60. The number of likely N-dealkylation sites (N-methyl/N-ethyl adjacent to an activating group) is 3. The van der Waals surface area contributed by atoms with Gasteiger partial charge in [-0.2, -0.15) is 4.57 Å². The van der Waals surface area contributed by atoms with Gasteiger partial charge in [-0.1, -0.05) is 19.7 Å². The average molecular weight is 389 g/mol. The predicted octanol–water partition coefficient (Wildman–Crippen LogP) is 0.950. The molecule has 0 radical (unpaired) electrons. The van der Waals surface area contributed by atoms with Crippen molar-refractivity contribution in [1.29, 1.82) is 0 Å². The van der Waals surface area contributed by atoms with Gasteiger partial charge in [-0.3, -0.25) is 14.4 Å². The van der Waals surface area contributed by atoms with Gasteiger partial charge in [0.05, 0.1) is 0 Å². The largest absolute Gasteiger partial charge is 0.647 e. The molecule has 3 amide bonds. The van der Waals surface area contributed by atoms with Crippen LogP contribution < -0.4 is 0 Å². The van der Waals surface area contributed by atoms with E-state index in [0.717, 1.165) is 14.7 Å².